The van der Waals surface area contributed by atoms with Gasteiger partial charge in [-0.3, -0.25) is 4.90 Å². The Bertz CT molecular complexity index is 147. The summed E-state index contributed by atoms with van der Waals surface area (Å²) in [5.41, 5.74) is 0. The lowest BCUT2D eigenvalue weighted by Crippen LogP contribution is -2.44. The third-order valence-corrected chi connectivity index (χ3v) is 2.92. The van der Waals surface area contributed by atoms with Crippen LogP contribution in [0.3, 0.4) is 0 Å². The molecule has 2 fully saturated rings. The van der Waals surface area contributed by atoms with Gasteiger partial charge in [-0.1, -0.05) is 0 Å². The van der Waals surface area contributed by atoms with Gasteiger partial charge in [-0.25, -0.2) is 0 Å². The van der Waals surface area contributed by atoms with Crippen molar-refractivity contribution in [3.63, 3.8) is 0 Å². The van der Waals surface area contributed by atoms with E-state index in [9.17, 15) is 0 Å². The SMILES string of the molecule is C1CNCCN1.CCOCCN1CCNCC1. The molecule has 5 heteroatoms. The number of ether oxygens (including phenoxy) is 1. The monoisotopic (exact) mass is 244 g/mol. The zero-order valence-electron chi connectivity index (χ0n) is 11.1. The molecule has 0 saturated carbocycles. The first kappa shape index (κ1) is 14.9. The Labute approximate surface area is 105 Å². The molecule has 0 aliphatic carbocycles. The van der Waals surface area contributed by atoms with Crippen molar-refractivity contribution >= 4 is 0 Å². The summed E-state index contributed by atoms with van der Waals surface area (Å²) in [6.45, 7) is 14.0. The predicted octanol–water partition coefficient (Wildman–Crippen LogP) is -0.893. The highest BCUT2D eigenvalue weighted by atomic mass is 16.5. The van der Waals surface area contributed by atoms with Gasteiger partial charge in [0.25, 0.3) is 0 Å². The Morgan fingerprint density at radius 3 is 1.88 bits per heavy atom. The van der Waals surface area contributed by atoms with E-state index in [0.717, 1.165) is 59.0 Å². The fraction of sp³-hybridized carbons (Fsp3) is 1.00. The van der Waals surface area contributed by atoms with E-state index >= 15 is 0 Å². The van der Waals surface area contributed by atoms with Gasteiger partial charge in [-0.15, -0.1) is 0 Å². The van der Waals surface area contributed by atoms with Crippen LogP contribution in [-0.2, 0) is 4.74 Å². The fourth-order valence-electron chi connectivity index (χ4n) is 1.88. The third-order valence-electron chi connectivity index (χ3n) is 2.92. The number of nitrogens with one attached hydrogen (secondary N) is 3. The molecule has 2 aliphatic heterocycles. The average molecular weight is 244 g/mol. The summed E-state index contributed by atoms with van der Waals surface area (Å²) in [6, 6.07) is 0. The number of hydrogen-bond acceptors (Lipinski definition) is 5. The van der Waals surface area contributed by atoms with Gasteiger partial charge in [0.2, 0.25) is 0 Å². The zero-order chi connectivity index (χ0) is 12.2. The van der Waals surface area contributed by atoms with Crippen LogP contribution >= 0.6 is 0 Å². The van der Waals surface area contributed by atoms with Gasteiger partial charge in [0.15, 0.2) is 0 Å². The molecular formula is C12H28N4O. The molecule has 0 radical (unpaired) electrons. The van der Waals surface area contributed by atoms with Gasteiger partial charge in [0.05, 0.1) is 6.61 Å². The van der Waals surface area contributed by atoms with Gasteiger partial charge in [0.1, 0.15) is 0 Å². The summed E-state index contributed by atoms with van der Waals surface area (Å²) in [4.78, 5) is 2.44. The first-order valence-corrected chi connectivity index (χ1v) is 6.85. The minimum absolute atomic E-state index is 0.839. The Morgan fingerprint density at radius 2 is 1.41 bits per heavy atom. The van der Waals surface area contributed by atoms with Crippen molar-refractivity contribution in [1.82, 2.24) is 20.9 Å². The van der Waals surface area contributed by atoms with Crippen LogP contribution in [0.2, 0.25) is 0 Å². The molecule has 0 unspecified atom stereocenters. The Morgan fingerprint density at radius 1 is 0.882 bits per heavy atom. The van der Waals surface area contributed by atoms with E-state index < -0.39 is 0 Å². The van der Waals surface area contributed by atoms with E-state index in [0.29, 0.717) is 0 Å². The van der Waals surface area contributed by atoms with Crippen molar-refractivity contribution in [3.05, 3.63) is 0 Å². The van der Waals surface area contributed by atoms with Crippen molar-refractivity contribution < 1.29 is 4.74 Å². The van der Waals surface area contributed by atoms with Crippen LogP contribution in [0.15, 0.2) is 0 Å². The highest BCUT2D eigenvalue weighted by molar-refractivity contribution is 4.66. The Hall–Kier alpha value is -0.200. The summed E-state index contributed by atoms with van der Waals surface area (Å²) < 4.78 is 5.27. The van der Waals surface area contributed by atoms with E-state index in [1.54, 1.807) is 0 Å². The van der Waals surface area contributed by atoms with Crippen molar-refractivity contribution in [2.45, 2.75) is 6.92 Å². The van der Waals surface area contributed by atoms with Crippen LogP contribution in [0.1, 0.15) is 6.92 Å². The molecule has 2 aliphatic rings. The fourth-order valence-corrected chi connectivity index (χ4v) is 1.88. The van der Waals surface area contributed by atoms with E-state index in [1.165, 1.54) is 13.1 Å². The molecule has 0 amide bonds. The summed E-state index contributed by atoms with van der Waals surface area (Å²) in [7, 11) is 0. The summed E-state index contributed by atoms with van der Waals surface area (Å²) >= 11 is 0. The van der Waals surface area contributed by atoms with Crippen LogP contribution in [0, 0.1) is 0 Å². The molecule has 17 heavy (non-hydrogen) atoms. The molecule has 5 nitrogen and oxygen atoms in total. The maximum absolute atomic E-state index is 5.27. The summed E-state index contributed by atoms with van der Waals surface area (Å²) in [5, 5.41) is 9.77. The molecule has 0 aromatic rings. The van der Waals surface area contributed by atoms with E-state index in [2.05, 4.69) is 20.9 Å². The second-order valence-corrected chi connectivity index (χ2v) is 4.29. The topological polar surface area (TPSA) is 48.6 Å². The standard InChI is InChI=1S/C8H18N2O.C4H10N2/c1-2-11-8-7-10-5-3-9-4-6-10;1-2-6-4-3-5-1/h9H,2-8H2,1H3;5-6H,1-4H2. The predicted molar refractivity (Wildman–Crippen MR) is 71.5 cm³/mol. The molecule has 0 bridgehead atoms. The van der Waals surface area contributed by atoms with Gasteiger partial charge in [0, 0.05) is 65.5 Å². The molecule has 3 N–H and O–H groups in total. The normalized spacial score (nSPS) is 21.7. The van der Waals surface area contributed by atoms with E-state index in [4.69, 9.17) is 4.74 Å². The number of hydrogen-bond donors (Lipinski definition) is 3. The lowest BCUT2D eigenvalue weighted by molar-refractivity contribution is 0.108. The minimum Gasteiger partial charge on any atom is -0.380 e. The summed E-state index contributed by atoms with van der Waals surface area (Å²) in [6.07, 6.45) is 0. The number of rotatable bonds is 4. The van der Waals surface area contributed by atoms with Crippen molar-refractivity contribution in [2.24, 2.45) is 0 Å². The van der Waals surface area contributed by atoms with Crippen LogP contribution in [-0.4, -0.2) is 77.0 Å². The van der Waals surface area contributed by atoms with E-state index in [1.807, 2.05) is 6.92 Å². The van der Waals surface area contributed by atoms with Crippen LogP contribution in [0.25, 0.3) is 0 Å². The van der Waals surface area contributed by atoms with Gasteiger partial charge in [-0.2, -0.15) is 0 Å². The molecular weight excluding hydrogens is 216 g/mol. The van der Waals surface area contributed by atoms with Gasteiger partial charge < -0.3 is 20.7 Å². The van der Waals surface area contributed by atoms with Crippen LogP contribution < -0.4 is 16.0 Å². The van der Waals surface area contributed by atoms with Crippen molar-refractivity contribution in [2.75, 3.05) is 72.1 Å². The van der Waals surface area contributed by atoms with Crippen molar-refractivity contribution in [3.8, 4) is 0 Å². The quantitative estimate of drug-likeness (QED) is 0.560. The lowest BCUT2D eigenvalue weighted by atomic mass is 10.4. The molecule has 0 spiro atoms. The Balaban J connectivity index is 0.000000202. The van der Waals surface area contributed by atoms with Crippen LogP contribution in [0.4, 0.5) is 0 Å². The second-order valence-electron chi connectivity index (χ2n) is 4.29. The van der Waals surface area contributed by atoms with Crippen molar-refractivity contribution in [1.29, 1.82) is 0 Å². The largest absolute Gasteiger partial charge is 0.380 e. The summed E-state index contributed by atoms with van der Waals surface area (Å²) in [5.74, 6) is 0. The minimum atomic E-state index is 0.839. The molecule has 2 heterocycles. The number of piperazine rings is 2. The highest BCUT2D eigenvalue weighted by Gasteiger charge is 2.07. The third kappa shape index (κ3) is 8.51. The molecule has 0 atom stereocenters. The second kappa shape index (κ2) is 10.9. The molecule has 102 valence electrons. The van der Waals surface area contributed by atoms with Gasteiger partial charge in [-0.05, 0) is 6.92 Å². The molecule has 2 rings (SSSR count). The maximum Gasteiger partial charge on any atom is 0.0593 e. The molecule has 0 aromatic carbocycles. The highest BCUT2D eigenvalue weighted by Crippen LogP contribution is 1.90. The lowest BCUT2D eigenvalue weighted by Gasteiger charge is -2.26. The Kier molecular flexibility index (Phi) is 9.55. The van der Waals surface area contributed by atoms with E-state index in [-0.39, 0.29) is 0 Å². The average Bonchev–Trinajstić information content (AvgIpc) is 2.43. The molecule has 0 aromatic heterocycles. The smallest absolute Gasteiger partial charge is 0.0593 e. The zero-order valence-corrected chi connectivity index (χ0v) is 11.1. The van der Waals surface area contributed by atoms with Gasteiger partial charge >= 0.3 is 0 Å². The first-order valence-electron chi connectivity index (χ1n) is 6.85. The number of nitrogens with zero attached hydrogens (tertiary/aromatic N) is 1. The van der Waals surface area contributed by atoms with Crippen LogP contribution in [0.5, 0.6) is 0 Å². The maximum atomic E-state index is 5.27. The first-order chi connectivity index (χ1) is 8.43. The molecule has 2 saturated heterocycles.